The van der Waals surface area contributed by atoms with Gasteiger partial charge in [0.2, 0.25) is 17.7 Å². The van der Waals surface area contributed by atoms with Gasteiger partial charge in [-0.05, 0) is 50.1 Å². The highest BCUT2D eigenvalue weighted by molar-refractivity contribution is 8.01. The number of hydrogen-bond donors (Lipinski definition) is 3. The highest BCUT2D eigenvalue weighted by atomic mass is 32.2. The lowest BCUT2D eigenvalue weighted by molar-refractivity contribution is -0.137. The molecule has 0 saturated carbocycles. The lowest BCUT2D eigenvalue weighted by atomic mass is 10.1. The normalized spacial score (nSPS) is 15.6. The summed E-state index contributed by atoms with van der Waals surface area (Å²) in [7, 11) is 0. The molecule has 0 aliphatic carbocycles. The van der Waals surface area contributed by atoms with E-state index < -0.39 is 34.7 Å². The summed E-state index contributed by atoms with van der Waals surface area (Å²) in [4.78, 5) is 37.2. The Morgan fingerprint density at radius 2 is 1.72 bits per heavy atom. The van der Waals surface area contributed by atoms with E-state index in [2.05, 4.69) is 16.0 Å². The van der Waals surface area contributed by atoms with Crippen LogP contribution in [-0.2, 0) is 20.6 Å². The monoisotopic (exact) mass is 465 g/mol. The van der Waals surface area contributed by atoms with Crippen molar-refractivity contribution in [3.8, 4) is 0 Å². The molecule has 170 valence electrons. The minimum absolute atomic E-state index is 0.0645. The summed E-state index contributed by atoms with van der Waals surface area (Å²) in [6.45, 7) is 5.44. The molecule has 0 spiro atoms. The fourth-order valence-electron chi connectivity index (χ4n) is 3.44. The highest BCUT2D eigenvalue weighted by Gasteiger charge is 2.34. The van der Waals surface area contributed by atoms with E-state index in [-0.39, 0.29) is 18.7 Å². The van der Waals surface area contributed by atoms with E-state index in [9.17, 15) is 27.6 Å². The molecule has 32 heavy (non-hydrogen) atoms. The Kier molecular flexibility index (Phi) is 6.82. The number of carbonyl (C=O) groups is 3. The van der Waals surface area contributed by atoms with Crippen molar-refractivity contribution in [3.05, 3.63) is 52.6 Å². The van der Waals surface area contributed by atoms with Crippen LogP contribution in [0.15, 0.2) is 35.2 Å². The van der Waals surface area contributed by atoms with Crippen molar-refractivity contribution in [1.82, 2.24) is 5.32 Å². The molecule has 0 radical (unpaired) electrons. The van der Waals surface area contributed by atoms with Crippen molar-refractivity contribution in [2.24, 2.45) is 0 Å². The maximum atomic E-state index is 12.8. The molecule has 0 aromatic heterocycles. The second-order valence-corrected chi connectivity index (χ2v) is 8.85. The number of thioether (sulfide) groups is 1. The van der Waals surface area contributed by atoms with Gasteiger partial charge >= 0.3 is 6.18 Å². The number of rotatable bonds is 5. The van der Waals surface area contributed by atoms with Gasteiger partial charge in [-0.25, -0.2) is 0 Å². The largest absolute Gasteiger partial charge is 0.416 e. The molecule has 0 fully saturated rings. The molecule has 10 heteroatoms. The summed E-state index contributed by atoms with van der Waals surface area (Å²) >= 11 is 1.01. The van der Waals surface area contributed by atoms with Gasteiger partial charge in [-0.2, -0.15) is 13.2 Å². The van der Waals surface area contributed by atoms with Crippen LogP contribution >= 0.6 is 11.8 Å². The first-order chi connectivity index (χ1) is 14.9. The number of fused-ring (bicyclic) bond motifs is 1. The molecule has 3 rings (SSSR count). The average molecular weight is 465 g/mol. The van der Waals surface area contributed by atoms with E-state index in [1.165, 1.54) is 6.07 Å². The molecule has 0 bridgehead atoms. The molecule has 2 aromatic rings. The fourth-order valence-corrected chi connectivity index (χ4v) is 4.53. The van der Waals surface area contributed by atoms with Gasteiger partial charge in [0.25, 0.3) is 0 Å². The Bertz CT molecular complexity index is 1060. The number of alkyl halides is 3. The van der Waals surface area contributed by atoms with Gasteiger partial charge in [0.05, 0.1) is 23.0 Å². The number of carbonyl (C=O) groups excluding carboxylic acids is 3. The van der Waals surface area contributed by atoms with Gasteiger partial charge in [0.1, 0.15) is 0 Å². The summed E-state index contributed by atoms with van der Waals surface area (Å²) in [5, 5.41) is 6.86. The minimum atomic E-state index is -4.52. The molecule has 1 aliphatic rings. The van der Waals surface area contributed by atoms with Crippen molar-refractivity contribution < 1.29 is 27.6 Å². The Labute approximate surface area is 187 Å². The van der Waals surface area contributed by atoms with Gasteiger partial charge in [-0.15, -0.1) is 11.8 Å². The summed E-state index contributed by atoms with van der Waals surface area (Å²) < 4.78 is 38.5. The van der Waals surface area contributed by atoms with Crippen LogP contribution in [0, 0.1) is 20.8 Å². The van der Waals surface area contributed by atoms with Crippen LogP contribution in [0.1, 0.15) is 28.7 Å². The van der Waals surface area contributed by atoms with Crippen molar-refractivity contribution >= 4 is 40.9 Å². The number of amides is 3. The van der Waals surface area contributed by atoms with E-state index in [0.29, 0.717) is 10.6 Å². The van der Waals surface area contributed by atoms with E-state index in [0.717, 1.165) is 40.6 Å². The summed E-state index contributed by atoms with van der Waals surface area (Å²) in [6, 6.07) is 6.95. The van der Waals surface area contributed by atoms with Crippen molar-refractivity contribution in [2.75, 3.05) is 17.2 Å². The van der Waals surface area contributed by atoms with Crippen molar-refractivity contribution in [2.45, 2.75) is 43.5 Å². The second kappa shape index (κ2) is 9.23. The second-order valence-electron chi connectivity index (χ2n) is 7.61. The zero-order valence-electron chi connectivity index (χ0n) is 17.6. The van der Waals surface area contributed by atoms with Crippen LogP contribution in [0.4, 0.5) is 24.5 Å². The maximum Gasteiger partial charge on any atom is 0.416 e. The maximum absolute atomic E-state index is 12.8. The third-order valence-electron chi connectivity index (χ3n) is 4.88. The predicted molar refractivity (Wildman–Crippen MR) is 117 cm³/mol. The van der Waals surface area contributed by atoms with Gasteiger partial charge in [-0.1, -0.05) is 17.7 Å². The molecule has 0 saturated heterocycles. The van der Waals surface area contributed by atoms with Gasteiger partial charge in [-0.3, -0.25) is 14.4 Å². The first-order valence-electron chi connectivity index (χ1n) is 9.77. The molecule has 6 nitrogen and oxygen atoms in total. The molecule has 3 amide bonds. The number of hydrogen-bond acceptors (Lipinski definition) is 4. The van der Waals surface area contributed by atoms with Crippen molar-refractivity contribution in [3.63, 3.8) is 0 Å². The quantitative estimate of drug-likeness (QED) is 0.618. The topological polar surface area (TPSA) is 87.3 Å². The number of nitrogens with one attached hydrogen (secondary N) is 3. The third-order valence-corrected chi connectivity index (χ3v) is 6.16. The first kappa shape index (κ1) is 23.6. The predicted octanol–water partition coefficient (Wildman–Crippen LogP) is 4.19. The molecular formula is C22H22F3N3O3S. The Balaban J connectivity index is 1.55. The van der Waals surface area contributed by atoms with Gasteiger partial charge in [0, 0.05) is 17.0 Å². The van der Waals surface area contributed by atoms with Crippen LogP contribution in [0.5, 0.6) is 0 Å². The van der Waals surface area contributed by atoms with Gasteiger partial charge in [0.15, 0.2) is 0 Å². The van der Waals surface area contributed by atoms with Crippen LogP contribution in [0.25, 0.3) is 0 Å². The molecule has 2 aromatic carbocycles. The van der Waals surface area contributed by atoms with Crippen LogP contribution in [0.2, 0.25) is 0 Å². The molecule has 1 atom stereocenters. The van der Waals surface area contributed by atoms with E-state index in [4.69, 9.17) is 0 Å². The van der Waals surface area contributed by atoms with Crippen molar-refractivity contribution in [1.29, 1.82) is 0 Å². The molecule has 1 unspecified atom stereocenters. The van der Waals surface area contributed by atoms with Crippen LogP contribution < -0.4 is 16.0 Å². The van der Waals surface area contributed by atoms with Gasteiger partial charge < -0.3 is 16.0 Å². The Morgan fingerprint density at radius 3 is 2.34 bits per heavy atom. The Hall–Kier alpha value is -3.01. The number of aryl methyl sites for hydroxylation is 3. The molecule has 1 heterocycles. The third kappa shape index (κ3) is 5.61. The minimum Gasteiger partial charge on any atom is -0.347 e. The summed E-state index contributed by atoms with van der Waals surface area (Å²) in [6.07, 6.45) is -4.73. The fraction of sp³-hybridized carbons (Fsp3) is 0.318. The zero-order valence-corrected chi connectivity index (χ0v) is 18.5. The molecule has 1 aliphatic heterocycles. The molecular weight excluding hydrogens is 443 g/mol. The van der Waals surface area contributed by atoms with Crippen LogP contribution in [0.3, 0.4) is 0 Å². The lowest BCUT2D eigenvalue weighted by Gasteiger charge is -2.24. The number of anilines is 2. The standard InChI is InChI=1S/C22H22F3N3O3S/c1-11-6-12(2)20(13(3)7-11)28-19(30)10-26-18(29)9-17-21(31)27-15-8-14(22(23,24)25)4-5-16(15)32-17/h4-8,17H,9-10H2,1-3H3,(H,26,29)(H,27,31)(H,28,30). The average Bonchev–Trinajstić information content (AvgIpc) is 2.68. The Morgan fingerprint density at radius 1 is 1.06 bits per heavy atom. The first-order valence-corrected chi connectivity index (χ1v) is 10.6. The molecule has 3 N–H and O–H groups in total. The summed E-state index contributed by atoms with van der Waals surface area (Å²) in [5.41, 5.74) is 2.78. The zero-order chi connectivity index (χ0) is 23.6. The number of halogens is 3. The van der Waals surface area contributed by atoms with E-state index in [1.807, 2.05) is 32.9 Å². The summed E-state index contributed by atoms with van der Waals surface area (Å²) in [5.74, 6) is -1.48. The van der Waals surface area contributed by atoms with E-state index >= 15 is 0 Å². The van der Waals surface area contributed by atoms with E-state index in [1.54, 1.807) is 0 Å². The highest BCUT2D eigenvalue weighted by Crippen LogP contribution is 2.40. The number of benzene rings is 2. The van der Waals surface area contributed by atoms with Crippen LogP contribution in [-0.4, -0.2) is 29.5 Å². The smallest absolute Gasteiger partial charge is 0.347 e. The SMILES string of the molecule is Cc1cc(C)c(NC(=O)CNC(=O)CC2Sc3ccc(C(F)(F)F)cc3NC2=O)c(C)c1. The lowest BCUT2D eigenvalue weighted by Crippen LogP contribution is -2.38.